The maximum Gasteiger partial charge on any atom is 0.408 e. The molecular formula is C64H80F2N6O4Si2. The van der Waals surface area contributed by atoms with Gasteiger partial charge in [-0.15, -0.1) is 5.54 Å². The van der Waals surface area contributed by atoms with Gasteiger partial charge in [-0.1, -0.05) is 174 Å². The second-order valence-corrected chi connectivity index (χ2v) is 35.9. The van der Waals surface area contributed by atoms with Gasteiger partial charge in [-0.25, -0.2) is 13.6 Å². The molecule has 1 amide bonds. The molecule has 0 aliphatic carbocycles. The van der Waals surface area contributed by atoms with Crippen molar-refractivity contribution in [1.29, 1.82) is 0 Å². The lowest BCUT2D eigenvalue weighted by Gasteiger charge is -2.54. The van der Waals surface area contributed by atoms with Gasteiger partial charge in [0.15, 0.2) is 5.82 Å². The molecule has 4 aliphatic heterocycles. The molecule has 4 atom stereocenters. The number of hydrogen-bond acceptors (Lipinski definition) is 8. The summed E-state index contributed by atoms with van der Waals surface area (Å²) < 4.78 is 49.1. The van der Waals surface area contributed by atoms with E-state index in [0.29, 0.717) is 77.9 Å². The fraction of sp³-hybridized carbons (Fsp3) is 0.500. The molecule has 2 aromatic heterocycles. The Balaban J connectivity index is 1.05. The number of anilines is 1. The largest absolute Gasteiger partial charge is 0.465 e. The predicted molar refractivity (Wildman–Crippen MR) is 316 cm³/mol. The Morgan fingerprint density at radius 2 is 1.50 bits per heavy atom. The Kier molecular flexibility index (Phi) is 14.8. The zero-order valence-corrected chi connectivity index (χ0v) is 50.0. The number of carbonyl (C=O) groups is 1. The van der Waals surface area contributed by atoms with E-state index in [4.69, 9.17) is 24.1 Å². The number of halogens is 2. The first kappa shape index (κ1) is 55.6. The van der Waals surface area contributed by atoms with Gasteiger partial charge in [-0.3, -0.25) is 14.8 Å². The van der Waals surface area contributed by atoms with Crippen molar-refractivity contribution in [3.05, 3.63) is 114 Å². The topological polar surface area (TPSA) is 104 Å². The number of ether oxygens (including phenoxy) is 1. The molecule has 0 saturated carbocycles. The monoisotopic (exact) mass is 1090 g/mol. The van der Waals surface area contributed by atoms with E-state index < -0.39 is 45.1 Å². The molecule has 6 heterocycles. The highest BCUT2D eigenvalue weighted by molar-refractivity contribution is 6.99. The molecular weight excluding hydrogens is 1010 g/mol. The van der Waals surface area contributed by atoms with E-state index in [1.54, 1.807) is 23.2 Å². The minimum absolute atomic E-state index is 0.0273. The number of amides is 1. The van der Waals surface area contributed by atoms with Crippen molar-refractivity contribution in [3.8, 4) is 28.7 Å². The van der Waals surface area contributed by atoms with Gasteiger partial charge in [0.1, 0.15) is 37.5 Å². The summed E-state index contributed by atoms with van der Waals surface area (Å²) in [6.07, 6.45) is 5.84. The summed E-state index contributed by atoms with van der Waals surface area (Å²) in [6.45, 7) is 29.1. The molecule has 78 heavy (non-hydrogen) atoms. The quantitative estimate of drug-likeness (QED) is 0.0894. The normalized spacial score (nSPS) is 22.0. The average molecular weight is 1090 g/mol. The molecule has 6 aromatic rings. The maximum absolute atomic E-state index is 18.2. The van der Waals surface area contributed by atoms with E-state index in [1.165, 1.54) is 16.4 Å². The fourth-order valence-electron chi connectivity index (χ4n) is 15.2. The van der Waals surface area contributed by atoms with Crippen LogP contribution in [0, 0.1) is 28.5 Å². The first-order valence-electron chi connectivity index (χ1n) is 28.5. The number of piperazine rings is 1. The van der Waals surface area contributed by atoms with E-state index >= 15 is 8.78 Å². The predicted octanol–water partition coefficient (Wildman–Crippen LogP) is 13.4. The van der Waals surface area contributed by atoms with E-state index in [9.17, 15) is 9.90 Å². The second kappa shape index (κ2) is 20.7. The molecule has 2 unspecified atom stereocenters. The van der Waals surface area contributed by atoms with Crippen LogP contribution < -0.4 is 20.0 Å². The van der Waals surface area contributed by atoms with E-state index in [-0.39, 0.29) is 45.4 Å². The number of hydrogen-bond donors (Lipinski definition) is 1. The lowest BCUT2D eigenvalue weighted by molar-refractivity contribution is 0.00526. The molecule has 4 fully saturated rings. The van der Waals surface area contributed by atoms with Crippen molar-refractivity contribution in [2.45, 2.75) is 166 Å². The minimum Gasteiger partial charge on any atom is -0.465 e. The standard InChI is InChI=1S/C64H80F2N6O4Si2/c1-42(2)77(43(3)4,44(5)6)36-31-50-53(65)28-27-45-21-19-26-51(54(45)50)56-55(66)57-52(37-67-56)58(70-38-46-30-34-64(40-70,61(7,8)9)72(46)60(73)74)69-59(68-57)75-41-63-32-20-35-71(63)47(29-33-63)39-76-78(62(10,11)12,48-22-15-13-16-23-48)49-24-17-14-18-25-49/h13-19,21-28,37,42-44,46-47H,20,29-30,32-35,38-41H2,1-12H3,(H,73,74)/t46?,47-,63-,64?/m0/s1. The van der Waals surface area contributed by atoms with Gasteiger partial charge in [0, 0.05) is 36.3 Å². The van der Waals surface area contributed by atoms with Crippen LogP contribution in [0.25, 0.3) is 32.9 Å². The highest BCUT2D eigenvalue weighted by Gasteiger charge is 2.60. The first-order valence-corrected chi connectivity index (χ1v) is 32.7. The third-order valence-corrected chi connectivity index (χ3v) is 30.4. The molecule has 4 aromatic carbocycles. The van der Waals surface area contributed by atoms with Gasteiger partial charge >= 0.3 is 12.1 Å². The maximum atomic E-state index is 18.2. The SMILES string of the molecule is CC(C)[Si](C#Cc1c(F)ccc2cccc(-c3ncc4c(N5CC6CCC(C(C)(C)C)(C5)N6C(=O)O)nc(OC[C@@]56CCCN5[C@H](CO[Si](c5ccccc5)(c5ccccc5)C(C)(C)C)CC6)nc4c3F)c12)(C(C)C)C(C)C. The van der Waals surface area contributed by atoms with Gasteiger partial charge in [-0.05, 0) is 94.0 Å². The molecule has 412 valence electrons. The van der Waals surface area contributed by atoms with Crippen LogP contribution in [-0.4, -0.2) is 108 Å². The average Bonchev–Trinajstić information content (AvgIpc) is 4.20. The molecule has 2 bridgehead atoms. The van der Waals surface area contributed by atoms with E-state index in [2.05, 4.69) is 165 Å². The van der Waals surface area contributed by atoms with Crippen LogP contribution in [0.15, 0.2) is 97.2 Å². The summed E-state index contributed by atoms with van der Waals surface area (Å²) in [6, 6.07) is 30.2. The minimum atomic E-state index is -2.80. The Hall–Kier alpha value is -5.73. The molecule has 1 N–H and O–H groups in total. The Morgan fingerprint density at radius 1 is 0.833 bits per heavy atom. The van der Waals surface area contributed by atoms with Gasteiger partial charge in [0.2, 0.25) is 0 Å². The zero-order valence-electron chi connectivity index (χ0n) is 48.0. The number of nitrogens with zero attached hydrogens (tertiary/aromatic N) is 6. The lowest BCUT2D eigenvalue weighted by Crippen LogP contribution is -2.68. The number of benzene rings is 4. The van der Waals surface area contributed by atoms with Crippen LogP contribution >= 0.6 is 0 Å². The van der Waals surface area contributed by atoms with Crippen molar-refractivity contribution in [1.82, 2.24) is 24.8 Å². The van der Waals surface area contributed by atoms with Crippen LogP contribution in [0.1, 0.15) is 127 Å². The molecule has 4 aliphatic rings. The van der Waals surface area contributed by atoms with Crippen LogP contribution in [0.5, 0.6) is 6.01 Å². The number of fused-ring (bicyclic) bond motifs is 5. The summed E-state index contributed by atoms with van der Waals surface area (Å²) in [5.41, 5.74) is 3.94. The lowest BCUT2D eigenvalue weighted by atomic mass is 9.71. The van der Waals surface area contributed by atoms with Crippen LogP contribution in [0.3, 0.4) is 0 Å². The van der Waals surface area contributed by atoms with Crippen molar-refractivity contribution < 1.29 is 27.8 Å². The number of aromatic nitrogens is 3. The molecule has 10 nitrogen and oxygen atoms in total. The van der Waals surface area contributed by atoms with Crippen LogP contribution in [0.4, 0.5) is 19.4 Å². The summed E-state index contributed by atoms with van der Waals surface area (Å²) in [4.78, 5) is 34.5. The summed E-state index contributed by atoms with van der Waals surface area (Å²) in [7, 11) is -5.10. The van der Waals surface area contributed by atoms with Gasteiger partial charge < -0.3 is 19.2 Å². The highest BCUT2D eigenvalue weighted by atomic mass is 28.4. The summed E-state index contributed by atoms with van der Waals surface area (Å²) in [5.74, 6) is 2.71. The first-order chi connectivity index (χ1) is 37.0. The summed E-state index contributed by atoms with van der Waals surface area (Å²) in [5, 5.41) is 14.7. The van der Waals surface area contributed by atoms with Crippen molar-refractivity contribution >= 4 is 60.4 Å². The number of rotatable bonds is 13. The van der Waals surface area contributed by atoms with E-state index in [1.807, 2.05) is 12.1 Å². The van der Waals surface area contributed by atoms with Gasteiger partial charge in [0.25, 0.3) is 8.32 Å². The smallest absolute Gasteiger partial charge is 0.408 e. The third kappa shape index (κ3) is 9.12. The van der Waals surface area contributed by atoms with Gasteiger partial charge in [0.05, 0.1) is 34.7 Å². The van der Waals surface area contributed by atoms with Gasteiger partial charge in [-0.2, -0.15) is 9.97 Å². The Labute approximate surface area is 463 Å². The molecule has 4 saturated heterocycles. The Morgan fingerprint density at radius 3 is 2.12 bits per heavy atom. The van der Waals surface area contributed by atoms with Crippen LogP contribution in [-0.2, 0) is 4.43 Å². The summed E-state index contributed by atoms with van der Waals surface area (Å²) >= 11 is 0. The van der Waals surface area contributed by atoms with Crippen molar-refractivity contribution in [2.24, 2.45) is 5.41 Å². The molecule has 10 rings (SSSR count). The van der Waals surface area contributed by atoms with E-state index in [0.717, 1.165) is 37.6 Å². The van der Waals surface area contributed by atoms with Crippen LogP contribution in [0.2, 0.25) is 21.7 Å². The molecule has 14 heteroatoms. The van der Waals surface area contributed by atoms with Crippen molar-refractivity contribution in [3.63, 3.8) is 0 Å². The van der Waals surface area contributed by atoms with Crippen molar-refractivity contribution in [2.75, 3.05) is 37.7 Å². The Bertz CT molecular complexity index is 3220. The number of carboxylic acid groups (broad SMARTS) is 1. The highest BCUT2D eigenvalue weighted by Crippen LogP contribution is 2.51. The third-order valence-electron chi connectivity index (χ3n) is 19.1. The molecule has 0 spiro atoms. The fourth-order valence-corrected chi connectivity index (χ4v) is 25.0. The molecule has 0 radical (unpaired) electrons. The second-order valence-electron chi connectivity index (χ2n) is 26.0. The zero-order chi connectivity index (χ0) is 55.7. The number of pyridine rings is 1.